The summed E-state index contributed by atoms with van der Waals surface area (Å²) in [6.45, 7) is 1.41. The molecule has 1 aromatic carbocycles. The fourth-order valence-corrected chi connectivity index (χ4v) is 3.40. The summed E-state index contributed by atoms with van der Waals surface area (Å²) in [5, 5.41) is 12.9. The number of nitrogens with one attached hydrogen (secondary N) is 1. The van der Waals surface area contributed by atoms with E-state index in [4.69, 9.17) is 5.11 Å². The Morgan fingerprint density at radius 1 is 1.21 bits per heavy atom. The number of aliphatic hydroxyl groups excluding tert-OH is 1. The van der Waals surface area contributed by atoms with E-state index >= 15 is 0 Å². The van der Waals surface area contributed by atoms with Crippen LogP contribution in [0.2, 0.25) is 0 Å². The van der Waals surface area contributed by atoms with Crippen molar-refractivity contribution in [3.05, 3.63) is 35.4 Å². The molecule has 1 fully saturated rings. The van der Waals surface area contributed by atoms with Crippen LogP contribution in [-0.2, 0) is 6.42 Å². The highest BCUT2D eigenvalue weighted by Gasteiger charge is 2.41. The molecule has 0 saturated heterocycles. The van der Waals surface area contributed by atoms with Crippen molar-refractivity contribution in [3.63, 3.8) is 0 Å². The van der Waals surface area contributed by atoms with Crippen molar-refractivity contribution < 1.29 is 5.11 Å². The van der Waals surface area contributed by atoms with Gasteiger partial charge in [-0.1, -0.05) is 30.7 Å². The van der Waals surface area contributed by atoms with Gasteiger partial charge >= 0.3 is 0 Å². The predicted molar refractivity (Wildman–Crippen MR) is 78.1 cm³/mol. The van der Waals surface area contributed by atoms with Crippen LogP contribution in [0.3, 0.4) is 0 Å². The molecule has 2 aliphatic rings. The second-order valence-electron chi connectivity index (χ2n) is 6.35. The summed E-state index contributed by atoms with van der Waals surface area (Å²) in [6, 6.07) is 9.43. The molecule has 0 aliphatic heterocycles. The summed E-state index contributed by atoms with van der Waals surface area (Å²) in [5.74, 6) is 0. The number of fused-ring (bicyclic) bond motifs is 1. The molecule has 1 unspecified atom stereocenters. The van der Waals surface area contributed by atoms with Crippen molar-refractivity contribution in [2.75, 3.05) is 13.2 Å². The van der Waals surface area contributed by atoms with Crippen LogP contribution in [0.15, 0.2) is 24.3 Å². The fourth-order valence-electron chi connectivity index (χ4n) is 3.40. The number of hydrogen-bond donors (Lipinski definition) is 2. The van der Waals surface area contributed by atoms with E-state index in [1.165, 1.54) is 49.7 Å². The van der Waals surface area contributed by atoms with Gasteiger partial charge in [-0.15, -0.1) is 0 Å². The minimum absolute atomic E-state index is 0.336. The third kappa shape index (κ3) is 3.01. The topological polar surface area (TPSA) is 32.3 Å². The van der Waals surface area contributed by atoms with Crippen molar-refractivity contribution in [1.82, 2.24) is 5.32 Å². The number of aryl methyl sites for hydroxylation is 1. The van der Waals surface area contributed by atoms with Crippen molar-refractivity contribution in [1.29, 1.82) is 0 Å². The van der Waals surface area contributed by atoms with Gasteiger partial charge in [0.2, 0.25) is 0 Å². The third-order valence-electron chi connectivity index (χ3n) is 4.94. The molecular formula is C17H25NO. The Bertz CT molecular complexity index is 425. The Labute approximate surface area is 116 Å². The van der Waals surface area contributed by atoms with Gasteiger partial charge < -0.3 is 10.4 Å². The minimum atomic E-state index is 0.336. The van der Waals surface area contributed by atoms with Crippen LogP contribution in [0.1, 0.15) is 55.7 Å². The van der Waals surface area contributed by atoms with Gasteiger partial charge in [0.1, 0.15) is 0 Å². The van der Waals surface area contributed by atoms with Crippen LogP contribution in [-0.4, -0.2) is 18.3 Å². The molecule has 2 nitrogen and oxygen atoms in total. The summed E-state index contributed by atoms with van der Waals surface area (Å²) in [4.78, 5) is 0. The van der Waals surface area contributed by atoms with E-state index in [-0.39, 0.29) is 0 Å². The number of hydrogen-bond acceptors (Lipinski definition) is 2. The molecule has 0 aromatic heterocycles. The van der Waals surface area contributed by atoms with Gasteiger partial charge in [-0.3, -0.25) is 0 Å². The Morgan fingerprint density at radius 2 is 2.05 bits per heavy atom. The molecule has 0 spiro atoms. The zero-order valence-corrected chi connectivity index (χ0v) is 11.7. The van der Waals surface area contributed by atoms with Crippen LogP contribution >= 0.6 is 0 Å². The molecule has 0 heterocycles. The first-order valence-corrected chi connectivity index (χ1v) is 7.75. The van der Waals surface area contributed by atoms with Crippen LogP contribution in [0.5, 0.6) is 0 Å². The quantitative estimate of drug-likeness (QED) is 0.796. The highest BCUT2D eigenvalue weighted by Crippen LogP contribution is 2.48. The van der Waals surface area contributed by atoms with E-state index in [0.717, 1.165) is 13.0 Å². The third-order valence-corrected chi connectivity index (χ3v) is 4.94. The van der Waals surface area contributed by atoms with Gasteiger partial charge in [0, 0.05) is 19.2 Å². The average Bonchev–Trinajstić information content (AvgIpc) is 3.21. The number of aliphatic hydroxyl groups is 1. The largest absolute Gasteiger partial charge is 0.396 e. The van der Waals surface area contributed by atoms with E-state index < -0.39 is 0 Å². The standard InChI is InChI=1S/C17H25NO/c19-12-11-17(9-10-17)13-18-16-8-4-2-6-14-5-1-3-7-15(14)16/h1,3,5,7,16,18-19H,2,4,6,8-13H2. The molecule has 1 atom stereocenters. The molecule has 0 radical (unpaired) electrons. The summed E-state index contributed by atoms with van der Waals surface area (Å²) in [6.07, 6.45) is 8.66. The molecule has 2 aliphatic carbocycles. The molecular weight excluding hydrogens is 234 g/mol. The lowest BCUT2D eigenvalue weighted by molar-refractivity contribution is 0.241. The van der Waals surface area contributed by atoms with E-state index in [1.54, 1.807) is 0 Å². The van der Waals surface area contributed by atoms with E-state index in [9.17, 15) is 0 Å². The first-order chi connectivity index (χ1) is 9.33. The summed E-state index contributed by atoms with van der Waals surface area (Å²) in [7, 11) is 0. The molecule has 1 aromatic rings. The maximum absolute atomic E-state index is 9.15. The first kappa shape index (κ1) is 13.1. The number of benzene rings is 1. The van der Waals surface area contributed by atoms with Crippen LogP contribution in [0, 0.1) is 5.41 Å². The van der Waals surface area contributed by atoms with Crippen molar-refractivity contribution >= 4 is 0 Å². The maximum atomic E-state index is 9.15. The second-order valence-corrected chi connectivity index (χ2v) is 6.35. The summed E-state index contributed by atoms with van der Waals surface area (Å²) < 4.78 is 0. The van der Waals surface area contributed by atoms with Crippen LogP contribution in [0.25, 0.3) is 0 Å². The molecule has 0 amide bonds. The fraction of sp³-hybridized carbons (Fsp3) is 0.647. The van der Waals surface area contributed by atoms with Gasteiger partial charge in [0.05, 0.1) is 0 Å². The predicted octanol–water partition coefficient (Wildman–Crippen LogP) is 3.21. The number of rotatable bonds is 5. The van der Waals surface area contributed by atoms with E-state index in [2.05, 4.69) is 29.6 Å². The molecule has 104 valence electrons. The minimum Gasteiger partial charge on any atom is -0.396 e. The van der Waals surface area contributed by atoms with Gasteiger partial charge in [-0.2, -0.15) is 0 Å². The zero-order chi connectivity index (χ0) is 13.1. The Kier molecular flexibility index (Phi) is 3.90. The zero-order valence-electron chi connectivity index (χ0n) is 11.7. The van der Waals surface area contributed by atoms with Crippen molar-refractivity contribution in [2.45, 2.75) is 51.0 Å². The summed E-state index contributed by atoms with van der Waals surface area (Å²) >= 11 is 0. The normalized spacial score (nSPS) is 24.6. The molecule has 2 heteroatoms. The van der Waals surface area contributed by atoms with E-state index in [1.807, 2.05) is 0 Å². The molecule has 2 N–H and O–H groups in total. The molecule has 3 rings (SSSR count). The van der Waals surface area contributed by atoms with Gasteiger partial charge in [-0.05, 0) is 55.1 Å². The Hall–Kier alpha value is -0.860. The molecule has 0 bridgehead atoms. The lowest BCUT2D eigenvalue weighted by Crippen LogP contribution is -2.29. The molecule has 19 heavy (non-hydrogen) atoms. The van der Waals surface area contributed by atoms with Crippen molar-refractivity contribution in [3.8, 4) is 0 Å². The van der Waals surface area contributed by atoms with Gasteiger partial charge in [0.25, 0.3) is 0 Å². The van der Waals surface area contributed by atoms with E-state index in [0.29, 0.717) is 18.1 Å². The lowest BCUT2D eigenvalue weighted by atomic mass is 9.97. The van der Waals surface area contributed by atoms with Gasteiger partial charge in [0.15, 0.2) is 0 Å². The second kappa shape index (κ2) is 5.64. The van der Waals surface area contributed by atoms with Gasteiger partial charge in [-0.25, -0.2) is 0 Å². The van der Waals surface area contributed by atoms with Crippen LogP contribution < -0.4 is 5.32 Å². The smallest absolute Gasteiger partial charge is 0.0436 e. The summed E-state index contributed by atoms with van der Waals surface area (Å²) in [5.41, 5.74) is 3.46. The molecule has 1 saturated carbocycles. The van der Waals surface area contributed by atoms with Crippen LogP contribution in [0.4, 0.5) is 0 Å². The highest BCUT2D eigenvalue weighted by molar-refractivity contribution is 5.31. The first-order valence-electron chi connectivity index (χ1n) is 7.75. The average molecular weight is 259 g/mol. The Morgan fingerprint density at radius 3 is 2.84 bits per heavy atom. The maximum Gasteiger partial charge on any atom is 0.0436 e. The highest BCUT2D eigenvalue weighted by atomic mass is 16.3. The van der Waals surface area contributed by atoms with Crippen molar-refractivity contribution in [2.24, 2.45) is 5.41 Å². The monoisotopic (exact) mass is 259 g/mol. The Balaban J connectivity index is 1.67. The lowest BCUT2D eigenvalue weighted by Gasteiger charge is -2.23. The SMILES string of the molecule is OCCC1(CNC2CCCCc3ccccc32)CC1.